The van der Waals surface area contributed by atoms with Crippen molar-refractivity contribution in [2.75, 3.05) is 4.90 Å². The number of aliphatic hydroxyl groups is 1. The molecule has 1 N–H and O–H groups in total. The summed E-state index contributed by atoms with van der Waals surface area (Å²) in [7, 11) is 0. The fourth-order valence-corrected chi connectivity index (χ4v) is 2.64. The van der Waals surface area contributed by atoms with Crippen molar-refractivity contribution in [1.29, 1.82) is 0 Å². The topological polar surface area (TPSA) is 23.5 Å². The quantitative estimate of drug-likeness (QED) is 0.888. The third-order valence-electron chi connectivity index (χ3n) is 2.98. The van der Waals surface area contributed by atoms with Crippen molar-refractivity contribution < 1.29 is 5.11 Å². The van der Waals surface area contributed by atoms with Gasteiger partial charge < -0.3 is 10.0 Å². The molecule has 1 aromatic heterocycles. The molecule has 0 radical (unpaired) electrons. The molecule has 0 fully saturated rings. The van der Waals surface area contributed by atoms with Crippen molar-refractivity contribution in [2.24, 2.45) is 0 Å². The Morgan fingerprint density at radius 3 is 2.39 bits per heavy atom. The van der Waals surface area contributed by atoms with E-state index in [1.165, 1.54) is 10.6 Å². The summed E-state index contributed by atoms with van der Waals surface area (Å²) < 4.78 is 0. The smallest absolute Gasteiger partial charge is 0.0681 e. The summed E-state index contributed by atoms with van der Waals surface area (Å²) in [6.45, 7) is 5.45. The maximum atomic E-state index is 9.07. The summed E-state index contributed by atoms with van der Waals surface area (Å²) in [6.07, 6.45) is 0. The van der Waals surface area contributed by atoms with Crippen LogP contribution in [0.2, 0.25) is 0 Å². The Morgan fingerprint density at radius 1 is 1.17 bits per heavy atom. The first kappa shape index (κ1) is 13.1. The largest absolute Gasteiger partial charge is 0.392 e. The fourth-order valence-electron chi connectivity index (χ4n) is 1.94. The summed E-state index contributed by atoms with van der Waals surface area (Å²) in [5.74, 6) is 0. The lowest BCUT2D eigenvalue weighted by atomic mass is 10.1. The third-order valence-corrected chi connectivity index (χ3v) is 3.84. The molecule has 0 saturated carbocycles. The number of anilines is 1. The van der Waals surface area contributed by atoms with Gasteiger partial charge in [-0.25, -0.2) is 0 Å². The molecule has 0 unspecified atom stereocenters. The lowest BCUT2D eigenvalue weighted by Crippen LogP contribution is -2.29. The van der Waals surface area contributed by atoms with Crippen LogP contribution in [0.4, 0.5) is 5.69 Å². The number of hydrogen-bond acceptors (Lipinski definition) is 3. The van der Waals surface area contributed by atoms with Gasteiger partial charge in [0.2, 0.25) is 0 Å². The van der Waals surface area contributed by atoms with E-state index in [4.69, 9.17) is 5.11 Å². The van der Waals surface area contributed by atoms with E-state index >= 15 is 0 Å². The van der Waals surface area contributed by atoms with Crippen LogP contribution in [0.25, 0.3) is 0 Å². The van der Waals surface area contributed by atoms with Crippen molar-refractivity contribution >= 4 is 17.0 Å². The van der Waals surface area contributed by atoms with Gasteiger partial charge in [-0.2, -0.15) is 0 Å². The van der Waals surface area contributed by atoms with Gasteiger partial charge in [-0.05, 0) is 43.0 Å². The van der Waals surface area contributed by atoms with Crippen molar-refractivity contribution in [3.8, 4) is 0 Å². The molecule has 2 aromatic rings. The molecule has 96 valence electrons. The van der Waals surface area contributed by atoms with Crippen LogP contribution in [0.5, 0.6) is 0 Å². The van der Waals surface area contributed by atoms with Gasteiger partial charge in [0, 0.05) is 16.6 Å². The van der Waals surface area contributed by atoms with Gasteiger partial charge in [0.15, 0.2) is 0 Å². The predicted molar refractivity (Wildman–Crippen MR) is 78.0 cm³/mol. The second kappa shape index (κ2) is 6.03. The number of benzene rings is 1. The van der Waals surface area contributed by atoms with E-state index in [-0.39, 0.29) is 6.61 Å². The Bertz CT molecular complexity index is 462. The molecule has 0 spiro atoms. The summed E-state index contributed by atoms with van der Waals surface area (Å²) in [4.78, 5) is 3.74. The molecule has 3 heteroatoms. The van der Waals surface area contributed by atoms with E-state index in [2.05, 4.69) is 48.4 Å². The monoisotopic (exact) mass is 261 g/mol. The molecule has 0 saturated heterocycles. The second-order valence-corrected chi connectivity index (χ2v) is 5.66. The second-order valence-electron chi connectivity index (χ2n) is 4.63. The summed E-state index contributed by atoms with van der Waals surface area (Å²) in [5.41, 5.74) is 2.16. The number of thiophene rings is 1. The van der Waals surface area contributed by atoms with E-state index in [1.54, 1.807) is 11.3 Å². The molecule has 0 aliphatic heterocycles. The highest BCUT2D eigenvalue weighted by Crippen LogP contribution is 2.22. The first-order valence-electron chi connectivity index (χ1n) is 6.19. The molecule has 18 heavy (non-hydrogen) atoms. The highest BCUT2D eigenvalue weighted by Gasteiger charge is 2.11. The maximum absolute atomic E-state index is 9.07. The molecular weight excluding hydrogens is 242 g/mol. The number of nitrogens with zero attached hydrogens (tertiary/aromatic N) is 1. The molecule has 0 amide bonds. The van der Waals surface area contributed by atoms with Crippen LogP contribution in [-0.4, -0.2) is 11.1 Å². The number of rotatable bonds is 5. The van der Waals surface area contributed by atoms with Gasteiger partial charge in [0.25, 0.3) is 0 Å². The van der Waals surface area contributed by atoms with Crippen LogP contribution in [0.15, 0.2) is 41.8 Å². The normalized spacial score (nSPS) is 10.9. The SMILES string of the molecule is CC(C)N(Cc1cccs1)c1ccc(CO)cc1. The highest BCUT2D eigenvalue weighted by molar-refractivity contribution is 7.09. The van der Waals surface area contributed by atoms with Crippen LogP contribution < -0.4 is 4.90 Å². The molecule has 1 heterocycles. The lowest BCUT2D eigenvalue weighted by molar-refractivity contribution is 0.282. The Labute approximate surface area is 113 Å². The molecule has 0 aliphatic carbocycles. The van der Waals surface area contributed by atoms with E-state index in [1.807, 2.05) is 12.1 Å². The summed E-state index contributed by atoms with van der Waals surface area (Å²) in [6, 6.07) is 12.8. The molecule has 2 nitrogen and oxygen atoms in total. The van der Waals surface area contributed by atoms with E-state index in [0.717, 1.165) is 12.1 Å². The van der Waals surface area contributed by atoms with E-state index in [9.17, 15) is 0 Å². The van der Waals surface area contributed by atoms with Gasteiger partial charge >= 0.3 is 0 Å². The summed E-state index contributed by atoms with van der Waals surface area (Å²) >= 11 is 1.79. The Balaban J connectivity index is 2.18. The number of aliphatic hydroxyl groups excluding tert-OH is 1. The van der Waals surface area contributed by atoms with Crippen LogP contribution in [-0.2, 0) is 13.2 Å². The highest BCUT2D eigenvalue weighted by atomic mass is 32.1. The summed E-state index contributed by atoms with van der Waals surface area (Å²) in [5, 5.41) is 11.2. The van der Waals surface area contributed by atoms with Crippen LogP contribution >= 0.6 is 11.3 Å². The minimum atomic E-state index is 0.104. The minimum absolute atomic E-state index is 0.104. The maximum Gasteiger partial charge on any atom is 0.0681 e. The van der Waals surface area contributed by atoms with Crippen molar-refractivity contribution in [3.05, 3.63) is 52.2 Å². The molecule has 1 aromatic carbocycles. The van der Waals surface area contributed by atoms with Crippen molar-refractivity contribution in [3.63, 3.8) is 0 Å². The average Bonchev–Trinajstić information content (AvgIpc) is 2.89. The Hall–Kier alpha value is -1.32. The Kier molecular flexibility index (Phi) is 4.39. The van der Waals surface area contributed by atoms with Crippen LogP contribution in [0, 0.1) is 0 Å². The van der Waals surface area contributed by atoms with Crippen molar-refractivity contribution in [2.45, 2.75) is 33.0 Å². The number of hydrogen-bond donors (Lipinski definition) is 1. The third kappa shape index (κ3) is 3.12. The fraction of sp³-hybridized carbons (Fsp3) is 0.333. The Morgan fingerprint density at radius 2 is 1.89 bits per heavy atom. The molecular formula is C15H19NOS. The van der Waals surface area contributed by atoms with Gasteiger partial charge in [0.1, 0.15) is 0 Å². The van der Waals surface area contributed by atoms with Gasteiger partial charge in [-0.1, -0.05) is 18.2 Å². The van der Waals surface area contributed by atoms with E-state index < -0.39 is 0 Å². The molecule has 0 bridgehead atoms. The molecule has 0 aliphatic rings. The molecule has 2 rings (SSSR count). The van der Waals surface area contributed by atoms with E-state index in [0.29, 0.717) is 6.04 Å². The van der Waals surface area contributed by atoms with Gasteiger partial charge in [0.05, 0.1) is 13.2 Å². The van der Waals surface area contributed by atoms with Crippen molar-refractivity contribution in [1.82, 2.24) is 0 Å². The minimum Gasteiger partial charge on any atom is -0.392 e. The van der Waals surface area contributed by atoms with Gasteiger partial charge in [-0.3, -0.25) is 0 Å². The predicted octanol–water partition coefficient (Wildman–Crippen LogP) is 3.66. The first-order valence-corrected chi connectivity index (χ1v) is 7.07. The average molecular weight is 261 g/mol. The van der Waals surface area contributed by atoms with Gasteiger partial charge in [-0.15, -0.1) is 11.3 Å². The molecule has 0 atom stereocenters. The standard InChI is InChI=1S/C15H19NOS/c1-12(2)16(10-15-4-3-9-18-15)14-7-5-13(11-17)6-8-14/h3-9,12,17H,10-11H2,1-2H3. The lowest BCUT2D eigenvalue weighted by Gasteiger charge is -2.28. The zero-order valence-electron chi connectivity index (χ0n) is 10.8. The van der Waals surface area contributed by atoms with Crippen LogP contribution in [0.3, 0.4) is 0 Å². The first-order chi connectivity index (χ1) is 8.70. The zero-order chi connectivity index (χ0) is 13.0. The van der Waals surface area contributed by atoms with Crippen LogP contribution in [0.1, 0.15) is 24.3 Å². The zero-order valence-corrected chi connectivity index (χ0v) is 11.7.